The second-order valence-corrected chi connectivity index (χ2v) is 5.27. The van der Waals surface area contributed by atoms with E-state index < -0.39 is 0 Å². The van der Waals surface area contributed by atoms with Gasteiger partial charge in [-0.25, -0.2) is 4.39 Å². The van der Waals surface area contributed by atoms with Crippen molar-refractivity contribution < 1.29 is 4.39 Å². The van der Waals surface area contributed by atoms with Crippen molar-refractivity contribution in [3.05, 3.63) is 47.8 Å². The van der Waals surface area contributed by atoms with E-state index in [1.807, 2.05) is 12.1 Å². The highest BCUT2D eigenvalue weighted by atomic mass is 19.1. The van der Waals surface area contributed by atoms with Gasteiger partial charge in [-0.15, -0.1) is 0 Å². The Bertz CT molecular complexity index is 346. The zero-order valence-electron chi connectivity index (χ0n) is 11.0. The number of allylic oxidation sites excluding steroid dienone is 1. The number of hydrogen-bond acceptors (Lipinski definition) is 1. The van der Waals surface area contributed by atoms with Gasteiger partial charge in [0, 0.05) is 5.54 Å². The summed E-state index contributed by atoms with van der Waals surface area (Å²) in [6.07, 6.45) is 6.20. The van der Waals surface area contributed by atoms with Crippen molar-refractivity contribution in [3.8, 4) is 0 Å². The minimum Gasteiger partial charge on any atom is -0.312 e. The molecule has 2 heteroatoms. The van der Waals surface area contributed by atoms with Crippen molar-refractivity contribution in [1.82, 2.24) is 5.32 Å². The van der Waals surface area contributed by atoms with Crippen LogP contribution in [-0.4, -0.2) is 12.1 Å². The summed E-state index contributed by atoms with van der Waals surface area (Å²) in [4.78, 5) is 0. The topological polar surface area (TPSA) is 12.0 Å². The molecule has 0 bridgehead atoms. The van der Waals surface area contributed by atoms with Crippen LogP contribution in [0.4, 0.5) is 4.39 Å². The van der Waals surface area contributed by atoms with E-state index in [2.05, 4.69) is 38.2 Å². The van der Waals surface area contributed by atoms with Gasteiger partial charge >= 0.3 is 0 Å². The first-order valence-corrected chi connectivity index (χ1v) is 6.12. The van der Waals surface area contributed by atoms with Crippen LogP contribution in [0.15, 0.2) is 36.4 Å². The molecular formula is C15H22FN. The highest BCUT2D eigenvalue weighted by Crippen LogP contribution is 2.04. The molecule has 1 N–H and O–H groups in total. The molecule has 0 saturated carbocycles. The van der Waals surface area contributed by atoms with E-state index in [0.717, 1.165) is 24.9 Å². The molecule has 94 valence electrons. The Hall–Kier alpha value is -1.15. The van der Waals surface area contributed by atoms with Gasteiger partial charge in [0.15, 0.2) is 0 Å². The molecule has 0 radical (unpaired) electrons. The van der Waals surface area contributed by atoms with E-state index in [1.54, 1.807) is 0 Å². The van der Waals surface area contributed by atoms with Crippen LogP contribution < -0.4 is 5.32 Å². The maximum Gasteiger partial charge on any atom is 0.123 e. The minimum absolute atomic E-state index is 0.174. The molecule has 0 aromatic heterocycles. The molecule has 1 aromatic carbocycles. The third kappa shape index (κ3) is 6.90. The second kappa shape index (κ2) is 6.55. The Kier molecular flexibility index (Phi) is 5.36. The highest BCUT2D eigenvalue weighted by molar-refractivity contribution is 5.18. The van der Waals surface area contributed by atoms with Crippen LogP contribution >= 0.6 is 0 Å². The summed E-state index contributed by atoms with van der Waals surface area (Å²) in [6, 6.07) is 6.66. The van der Waals surface area contributed by atoms with Crippen molar-refractivity contribution in [2.75, 3.05) is 6.54 Å². The zero-order valence-corrected chi connectivity index (χ0v) is 11.0. The van der Waals surface area contributed by atoms with E-state index in [0.29, 0.717) is 0 Å². The largest absolute Gasteiger partial charge is 0.312 e. The van der Waals surface area contributed by atoms with Gasteiger partial charge in [-0.3, -0.25) is 0 Å². The van der Waals surface area contributed by atoms with Crippen LogP contribution in [0.2, 0.25) is 0 Å². The molecule has 0 unspecified atom stereocenters. The molecule has 0 amide bonds. The molecule has 0 aliphatic carbocycles. The summed E-state index contributed by atoms with van der Waals surface area (Å²) in [6.45, 7) is 7.48. The lowest BCUT2D eigenvalue weighted by Gasteiger charge is -2.19. The lowest BCUT2D eigenvalue weighted by atomic mass is 10.1. The Balaban J connectivity index is 2.20. The summed E-state index contributed by atoms with van der Waals surface area (Å²) in [5.74, 6) is -0.174. The van der Waals surface area contributed by atoms with Crippen molar-refractivity contribution >= 4 is 0 Å². The normalized spacial score (nSPS) is 12.2. The van der Waals surface area contributed by atoms with Gasteiger partial charge < -0.3 is 5.32 Å². The Labute approximate surface area is 104 Å². The van der Waals surface area contributed by atoms with Crippen LogP contribution in [-0.2, 0) is 6.42 Å². The maximum atomic E-state index is 12.7. The predicted octanol–water partition coefficient (Wildman–Crippen LogP) is 3.70. The van der Waals surface area contributed by atoms with Gasteiger partial charge in [0.25, 0.3) is 0 Å². The standard InChI is InChI=1S/C15H22FN/c1-15(2,3)17-12-6-4-5-7-13-8-10-14(16)11-9-13/h4-5,8-11,17H,6-7,12H2,1-3H3. The van der Waals surface area contributed by atoms with E-state index in [1.165, 1.54) is 12.1 Å². The summed E-state index contributed by atoms with van der Waals surface area (Å²) >= 11 is 0. The predicted molar refractivity (Wildman–Crippen MR) is 71.6 cm³/mol. The van der Waals surface area contributed by atoms with Crippen molar-refractivity contribution in [2.24, 2.45) is 0 Å². The summed E-state index contributed by atoms with van der Waals surface area (Å²) in [7, 11) is 0. The van der Waals surface area contributed by atoms with Gasteiger partial charge in [0.05, 0.1) is 0 Å². The fourth-order valence-electron chi connectivity index (χ4n) is 1.49. The van der Waals surface area contributed by atoms with Gasteiger partial charge in [-0.05, 0) is 57.9 Å². The Morgan fingerprint density at radius 2 is 1.76 bits per heavy atom. The number of hydrogen-bond donors (Lipinski definition) is 1. The molecule has 0 fully saturated rings. The van der Waals surface area contributed by atoms with E-state index >= 15 is 0 Å². The van der Waals surface area contributed by atoms with Crippen LogP contribution in [0.5, 0.6) is 0 Å². The fourth-order valence-corrected chi connectivity index (χ4v) is 1.49. The first kappa shape index (κ1) is 13.9. The molecule has 1 aromatic rings. The molecule has 0 spiro atoms. The van der Waals surface area contributed by atoms with E-state index in [9.17, 15) is 4.39 Å². The van der Waals surface area contributed by atoms with Crippen LogP contribution in [0.3, 0.4) is 0 Å². The maximum absolute atomic E-state index is 12.7. The number of halogens is 1. The fraction of sp³-hybridized carbons (Fsp3) is 0.467. The zero-order chi connectivity index (χ0) is 12.7. The molecule has 0 atom stereocenters. The molecule has 1 nitrogen and oxygen atoms in total. The van der Waals surface area contributed by atoms with Gasteiger partial charge in [0.2, 0.25) is 0 Å². The third-order valence-electron chi connectivity index (χ3n) is 2.40. The summed E-state index contributed by atoms with van der Waals surface area (Å²) < 4.78 is 12.7. The minimum atomic E-state index is -0.174. The molecule has 0 heterocycles. The molecule has 1 rings (SSSR count). The van der Waals surface area contributed by atoms with Crippen molar-refractivity contribution in [3.63, 3.8) is 0 Å². The lowest BCUT2D eigenvalue weighted by molar-refractivity contribution is 0.431. The average Bonchev–Trinajstić information content (AvgIpc) is 2.24. The van der Waals surface area contributed by atoms with Gasteiger partial charge in [-0.1, -0.05) is 24.3 Å². The first-order chi connectivity index (χ1) is 7.97. The first-order valence-electron chi connectivity index (χ1n) is 6.12. The van der Waals surface area contributed by atoms with Crippen LogP contribution in [0.25, 0.3) is 0 Å². The number of nitrogens with one attached hydrogen (secondary N) is 1. The molecule has 0 saturated heterocycles. The summed E-state index contributed by atoms with van der Waals surface area (Å²) in [5.41, 5.74) is 1.33. The van der Waals surface area contributed by atoms with Gasteiger partial charge in [0.1, 0.15) is 5.82 Å². The van der Waals surface area contributed by atoms with Crippen LogP contribution in [0.1, 0.15) is 32.8 Å². The third-order valence-corrected chi connectivity index (χ3v) is 2.40. The van der Waals surface area contributed by atoms with E-state index in [-0.39, 0.29) is 11.4 Å². The Morgan fingerprint density at radius 1 is 1.12 bits per heavy atom. The van der Waals surface area contributed by atoms with Crippen LogP contribution in [0, 0.1) is 5.82 Å². The van der Waals surface area contributed by atoms with E-state index in [4.69, 9.17) is 0 Å². The molecule has 0 aliphatic heterocycles. The smallest absolute Gasteiger partial charge is 0.123 e. The number of rotatable bonds is 5. The lowest BCUT2D eigenvalue weighted by Crippen LogP contribution is -2.36. The van der Waals surface area contributed by atoms with Crippen molar-refractivity contribution in [2.45, 2.75) is 39.2 Å². The molecule has 17 heavy (non-hydrogen) atoms. The SMILES string of the molecule is CC(C)(C)NCCC=CCc1ccc(F)cc1. The molecule has 0 aliphatic rings. The average molecular weight is 235 g/mol. The summed E-state index contributed by atoms with van der Waals surface area (Å²) in [5, 5.41) is 3.43. The molecular weight excluding hydrogens is 213 g/mol. The monoisotopic (exact) mass is 235 g/mol. The number of benzene rings is 1. The van der Waals surface area contributed by atoms with Crippen molar-refractivity contribution in [1.29, 1.82) is 0 Å². The second-order valence-electron chi connectivity index (χ2n) is 5.27. The van der Waals surface area contributed by atoms with Gasteiger partial charge in [-0.2, -0.15) is 0 Å². The highest BCUT2D eigenvalue weighted by Gasteiger charge is 2.05. The Morgan fingerprint density at radius 3 is 2.35 bits per heavy atom. The quantitative estimate of drug-likeness (QED) is 0.606.